The number of aromatic nitrogens is 4. The quantitative estimate of drug-likeness (QED) is 0.573. The summed E-state index contributed by atoms with van der Waals surface area (Å²) in [5.41, 5.74) is 0.781. The van der Waals surface area contributed by atoms with E-state index in [-0.39, 0.29) is 25.2 Å². The Morgan fingerprint density at radius 3 is 3.07 bits per heavy atom. The smallest absolute Gasteiger partial charge is 0.289 e. The maximum absolute atomic E-state index is 11.9. The van der Waals surface area contributed by atoms with Gasteiger partial charge in [0.05, 0.1) is 24.6 Å². The summed E-state index contributed by atoms with van der Waals surface area (Å²) in [7, 11) is 1.83. The molecule has 0 bridgehead atoms. The van der Waals surface area contributed by atoms with Crippen LogP contribution in [0.2, 0.25) is 5.02 Å². The van der Waals surface area contributed by atoms with Crippen molar-refractivity contribution in [3.63, 3.8) is 0 Å². The number of hydrogen-bond donors (Lipinski definition) is 3. The number of hydrogen-bond acceptors (Lipinski definition) is 7. The van der Waals surface area contributed by atoms with Crippen LogP contribution in [0.5, 0.6) is 0 Å². The molecule has 1 amide bonds. The number of likely N-dealkylation sites (tertiary alicyclic amines) is 1. The van der Waals surface area contributed by atoms with Gasteiger partial charge in [-0.15, -0.1) is 0 Å². The molecule has 0 aliphatic carbocycles. The van der Waals surface area contributed by atoms with E-state index in [4.69, 9.17) is 18.2 Å². The summed E-state index contributed by atoms with van der Waals surface area (Å²) < 4.78 is 1.68. The third kappa shape index (κ3) is 5.31. The van der Waals surface area contributed by atoms with Gasteiger partial charge < -0.3 is 10.6 Å². The van der Waals surface area contributed by atoms with Gasteiger partial charge in [0.15, 0.2) is 5.82 Å². The largest absolute Gasteiger partial charge is 0.367 e. The number of anilines is 3. The SMILES string of the molecule is [C-]#[N+]CNC(=O)CN1CCC[C@@H]1CNc1nc(Nc2cnn(C)c2)ncc1Cl. The highest BCUT2D eigenvalue weighted by Gasteiger charge is 2.26. The van der Waals surface area contributed by atoms with Crippen molar-refractivity contribution in [3.05, 3.63) is 35.0 Å². The summed E-state index contributed by atoms with van der Waals surface area (Å²) in [5, 5.41) is 13.5. The Kier molecular flexibility index (Phi) is 6.62. The minimum absolute atomic E-state index is 0.0127. The fraction of sp³-hybridized carbons (Fsp3) is 0.471. The summed E-state index contributed by atoms with van der Waals surface area (Å²) in [6.45, 7) is 8.50. The first-order valence-corrected chi connectivity index (χ1v) is 9.29. The molecule has 1 aliphatic rings. The standard InChI is InChI=1S/C17H22ClN9O/c1-19-11-22-15(28)10-27-5-3-4-13(27)7-20-16-14(18)8-21-17(25-16)24-12-6-23-26(2)9-12/h6,8-9,13H,3-5,7,10-11H2,2H3,(H,22,28)(H2,20,21,24,25)/t13-/m1/s1. The Morgan fingerprint density at radius 2 is 2.32 bits per heavy atom. The first-order chi connectivity index (χ1) is 13.5. The predicted octanol–water partition coefficient (Wildman–Crippen LogP) is 1.48. The Bertz CT molecular complexity index is 863. The minimum atomic E-state index is -0.133. The molecule has 1 saturated heterocycles. The van der Waals surface area contributed by atoms with Crippen LogP contribution in [-0.2, 0) is 11.8 Å². The van der Waals surface area contributed by atoms with Gasteiger partial charge in [-0.25, -0.2) is 11.6 Å². The third-order valence-electron chi connectivity index (χ3n) is 4.41. The van der Waals surface area contributed by atoms with Gasteiger partial charge in [0, 0.05) is 25.8 Å². The van der Waals surface area contributed by atoms with Gasteiger partial charge in [-0.3, -0.25) is 24.5 Å². The van der Waals surface area contributed by atoms with Gasteiger partial charge >= 0.3 is 0 Å². The summed E-state index contributed by atoms with van der Waals surface area (Å²) in [6, 6.07) is 0.194. The molecule has 0 spiro atoms. The van der Waals surface area contributed by atoms with Gasteiger partial charge in [-0.2, -0.15) is 10.1 Å². The van der Waals surface area contributed by atoms with E-state index in [1.165, 1.54) is 0 Å². The number of carbonyl (C=O) groups excluding carboxylic acids is 1. The molecule has 3 heterocycles. The van der Waals surface area contributed by atoms with Gasteiger partial charge in [0.25, 0.3) is 6.67 Å². The highest BCUT2D eigenvalue weighted by Crippen LogP contribution is 2.23. The van der Waals surface area contributed by atoms with E-state index in [9.17, 15) is 4.79 Å². The fourth-order valence-electron chi connectivity index (χ4n) is 3.08. The van der Waals surface area contributed by atoms with Gasteiger partial charge in [0.1, 0.15) is 5.02 Å². The van der Waals surface area contributed by atoms with Gasteiger partial charge in [0.2, 0.25) is 11.9 Å². The Balaban J connectivity index is 1.58. The maximum Gasteiger partial charge on any atom is 0.289 e. The van der Waals surface area contributed by atoms with E-state index in [1.54, 1.807) is 17.1 Å². The fourth-order valence-corrected chi connectivity index (χ4v) is 3.24. The van der Waals surface area contributed by atoms with Crippen molar-refractivity contribution in [1.82, 2.24) is 30.0 Å². The van der Waals surface area contributed by atoms with E-state index in [0.29, 0.717) is 23.3 Å². The number of amides is 1. The van der Waals surface area contributed by atoms with Crippen LogP contribution in [0.1, 0.15) is 12.8 Å². The van der Waals surface area contributed by atoms with Crippen molar-refractivity contribution in [1.29, 1.82) is 0 Å². The van der Waals surface area contributed by atoms with Crippen LogP contribution in [0, 0.1) is 6.57 Å². The summed E-state index contributed by atoms with van der Waals surface area (Å²) in [4.78, 5) is 25.7. The van der Waals surface area contributed by atoms with Crippen LogP contribution < -0.4 is 16.0 Å². The molecule has 3 rings (SSSR count). The average molecular weight is 404 g/mol. The van der Waals surface area contributed by atoms with Crippen molar-refractivity contribution >= 4 is 35.0 Å². The lowest BCUT2D eigenvalue weighted by Crippen LogP contribution is -2.42. The second-order valence-corrected chi connectivity index (χ2v) is 6.89. The van der Waals surface area contributed by atoms with Crippen molar-refractivity contribution in [2.24, 2.45) is 7.05 Å². The summed E-state index contributed by atoms with van der Waals surface area (Å²) in [6.07, 6.45) is 7.04. The van der Waals surface area contributed by atoms with Crippen LogP contribution in [0.4, 0.5) is 17.5 Å². The maximum atomic E-state index is 11.9. The van der Waals surface area contributed by atoms with Crippen LogP contribution in [0.25, 0.3) is 4.85 Å². The number of rotatable bonds is 8. The number of aryl methyl sites for hydroxylation is 1. The van der Waals surface area contributed by atoms with Gasteiger partial charge in [-0.1, -0.05) is 11.6 Å². The molecule has 0 aromatic carbocycles. The highest BCUT2D eigenvalue weighted by atomic mass is 35.5. The zero-order valence-corrected chi connectivity index (χ0v) is 16.3. The summed E-state index contributed by atoms with van der Waals surface area (Å²) in [5.74, 6) is 0.819. The third-order valence-corrected chi connectivity index (χ3v) is 4.69. The molecule has 1 aliphatic heterocycles. The number of nitrogens with zero attached hydrogens (tertiary/aromatic N) is 6. The molecule has 3 N–H and O–H groups in total. The normalized spacial score (nSPS) is 16.5. The average Bonchev–Trinajstić information content (AvgIpc) is 3.29. The van der Waals surface area contributed by atoms with Gasteiger partial charge in [-0.05, 0) is 19.4 Å². The molecule has 1 atom stereocenters. The van der Waals surface area contributed by atoms with Crippen molar-refractivity contribution in [2.75, 3.05) is 36.9 Å². The zero-order chi connectivity index (χ0) is 19.9. The lowest BCUT2D eigenvalue weighted by molar-refractivity contribution is -0.122. The Morgan fingerprint density at radius 1 is 1.46 bits per heavy atom. The Labute approximate surface area is 168 Å². The van der Waals surface area contributed by atoms with Crippen molar-refractivity contribution in [2.45, 2.75) is 18.9 Å². The second-order valence-electron chi connectivity index (χ2n) is 6.48. The summed E-state index contributed by atoms with van der Waals surface area (Å²) >= 11 is 6.23. The minimum Gasteiger partial charge on any atom is -0.367 e. The molecule has 2 aromatic heterocycles. The highest BCUT2D eigenvalue weighted by molar-refractivity contribution is 6.32. The van der Waals surface area contributed by atoms with Crippen LogP contribution >= 0.6 is 11.6 Å². The van der Waals surface area contributed by atoms with Crippen molar-refractivity contribution in [3.8, 4) is 0 Å². The van der Waals surface area contributed by atoms with Crippen LogP contribution in [0.3, 0.4) is 0 Å². The zero-order valence-electron chi connectivity index (χ0n) is 15.5. The molecular weight excluding hydrogens is 382 g/mol. The molecule has 148 valence electrons. The second kappa shape index (κ2) is 9.34. The van der Waals surface area contributed by atoms with Crippen LogP contribution in [-0.4, -0.2) is 62.9 Å². The molecule has 10 nitrogen and oxygen atoms in total. The number of nitrogens with one attached hydrogen (secondary N) is 3. The molecule has 2 aromatic rings. The molecule has 11 heteroatoms. The lowest BCUT2D eigenvalue weighted by atomic mass is 10.2. The van der Waals surface area contributed by atoms with E-state index in [0.717, 1.165) is 25.1 Å². The molecule has 1 fully saturated rings. The number of carbonyl (C=O) groups is 1. The number of halogens is 1. The molecule has 0 unspecified atom stereocenters. The topological polar surface area (TPSA) is 104 Å². The van der Waals surface area contributed by atoms with E-state index in [2.05, 4.69) is 40.8 Å². The van der Waals surface area contributed by atoms with E-state index < -0.39 is 0 Å². The molecule has 0 radical (unpaired) electrons. The lowest BCUT2D eigenvalue weighted by Gasteiger charge is -2.24. The predicted molar refractivity (Wildman–Crippen MR) is 106 cm³/mol. The molecular formula is C17H22ClN9O. The first kappa shape index (κ1) is 19.9. The molecule has 28 heavy (non-hydrogen) atoms. The Hall–Kier alpha value is -2.90. The van der Waals surface area contributed by atoms with Crippen LogP contribution in [0.15, 0.2) is 18.6 Å². The monoisotopic (exact) mass is 403 g/mol. The molecule has 0 saturated carbocycles. The van der Waals surface area contributed by atoms with E-state index in [1.807, 2.05) is 13.2 Å². The van der Waals surface area contributed by atoms with Crippen molar-refractivity contribution < 1.29 is 4.79 Å². The van der Waals surface area contributed by atoms with E-state index >= 15 is 0 Å². The first-order valence-electron chi connectivity index (χ1n) is 8.91.